The van der Waals surface area contributed by atoms with Gasteiger partial charge in [0, 0.05) is 0 Å². The number of carbonyl (C=O) groups is 1. The van der Waals surface area contributed by atoms with Crippen LogP contribution < -0.4 is 16.1 Å². The number of alkyl halides is 3. The zero-order valence-electron chi connectivity index (χ0n) is 13.2. The van der Waals surface area contributed by atoms with Gasteiger partial charge in [-0.05, 0) is 37.3 Å². The number of amides is 1. The van der Waals surface area contributed by atoms with Gasteiger partial charge < -0.3 is 10.6 Å². The second kappa shape index (κ2) is 6.46. The fourth-order valence-electron chi connectivity index (χ4n) is 2.44. The van der Waals surface area contributed by atoms with Crippen LogP contribution in [0.2, 0.25) is 0 Å². The molecular formula is C17H15F3N4O. The number of anilines is 3. The van der Waals surface area contributed by atoms with Gasteiger partial charge >= 0.3 is 6.18 Å². The third-order valence-electron chi connectivity index (χ3n) is 3.69. The minimum absolute atomic E-state index is 0.133. The summed E-state index contributed by atoms with van der Waals surface area (Å²) in [6.07, 6.45) is -4.44. The van der Waals surface area contributed by atoms with Crippen molar-refractivity contribution in [1.29, 1.82) is 0 Å². The van der Waals surface area contributed by atoms with Crippen LogP contribution in [-0.4, -0.2) is 17.7 Å². The molecule has 0 saturated heterocycles. The van der Waals surface area contributed by atoms with Crippen molar-refractivity contribution in [3.63, 3.8) is 0 Å². The Morgan fingerprint density at radius 1 is 1.08 bits per heavy atom. The van der Waals surface area contributed by atoms with E-state index in [9.17, 15) is 18.0 Å². The number of nitrogens with zero attached hydrogens (tertiary/aromatic N) is 1. The lowest BCUT2D eigenvalue weighted by molar-refractivity contribution is -0.137. The van der Waals surface area contributed by atoms with Crippen LogP contribution in [0.25, 0.3) is 0 Å². The summed E-state index contributed by atoms with van der Waals surface area (Å²) in [6, 6.07) is 11.4. The highest BCUT2D eigenvalue weighted by atomic mass is 19.4. The Morgan fingerprint density at radius 3 is 2.52 bits per heavy atom. The Balaban J connectivity index is 1.83. The first-order valence-corrected chi connectivity index (χ1v) is 7.52. The Kier molecular flexibility index (Phi) is 4.35. The highest BCUT2D eigenvalue weighted by molar-refractivity contribution is 6.46. The van der Waals surface area contributed by atoms with Crippen molar-refractivity contribution in [3.8, 4) is 0 Å². The highest BCUT2D eigenvalue weighted by Crippen LogP contribution is 2.30. The third kappa shape index (κ3) is 3.73. The second-order valence-electron chi connectivity index (χ2n) is 5.55. The van der Waals surface area contributed by atoms with E-state index in [1.807, 2.05) is 12.1 Å². The summed E-state index contributed by atoms with van der Waals surface area (Å²) >= 11 is 0. The minimum atomic E-state index is -4.44. The van der Waals surface area contributed by atoms with Gasteiger partial charge in [0.1, 0.15) is 5.71 Å². The SMILES string of the molecule is CC1Nc2ccccc2NC(=O)/C1=N\Nc1cccc(C(F)(F)F)c1. The number of carbonyl (C=O) groups excluding carboxylic acids is 1. The van der Waals surface area contributed by atoms with Gasteiger partial charge in [-0.3, -0.25) is 10.2 Å². The smallest absolute Gasteiger partial charge is 0.375 e. The van der Waals surface area contributed by atoms with Crippen LogP contribution in [0.4, 0.5) is 30.2 Å². The topological polar surface area (TPSA) is 65.5 Å². The number of halogens is 3. The van der Waals surface area contributed by atoms with E-state index in [2.05, 4.69) is 21.2 Å². The fraction of sp³-hybridized carbons (Fsp3) is 0.176. The monoisotopic (exact) mass is 348 g/mol. The zero-order chi connectivity index (χ0) is 18.0. The molecule has 1 aliphatic heterocycles. The van der Waals surface area contributed by atoms with Gasteiger partial charge in [-0.15, -0.1) is 0 Å². The first kappa shape index (κ1) is 16.8. The molecule has 1 aliphatic rings. The molecule has 25 heavy (non-hydrogen) atoms. The van der Waals surface area contributed by atoms with Gasteiger partial charge in [0.2, 0.25) is 0 Å². The maximum atomic E-state index is 12.8. The van der Waals surface area contributed by atoms with Crippen LogP contribution in [0.3, 0.4) is 0 Å². The summed E-state index contributed by atoms with van der Waals surface area (Å²) in [6.45, 7) is 1.74. The molecule has 2 aromatic rings. The average molecular weight is 348 g/mol. The van der Waals surface area contributed by atoms with Crippen LogP contribution in [0, 0.1) is 0 Å². The molecule has 0 spiro atoms. The van der Waals surface area contributed by atoms with Crippen LogP contribution >= 0.6 is 0 Å². The van der Waals surface area contributed by atoms with Crippen molar-refractivity contribution >= 4 is 28.7 Å². The number of fused-ring (bicyclic) bond motifs is 1. The Hall–Kier alpha value is -3.03. The normalized spacial score (nSPS) is 18.8. The van der Waals surface area contributed by atoms with Crippen molar-refractivity contribution < 1.29 is 18.0 Å². The van der Waals surface area contributed by atoms with E-state index < -0.39 is 23.7 Å². The molecule has 1 heterocycles. The number of hydrogen-bond donors (Lipinski definition) is 3. The molecule has 8 heteroatoms. The summed E-state index contributed by atoms with van der Waals surface area (Å²) in [4.78, 5) is 12.3. The standard InChI is InChI=1S/C17H15F3N4O/c1-10-15(16(25)22-14-8-3-2-7-13(14)21-10)24-23-12-6-4-5-11(9-12)17(18,19)20/h2-10,21,23H,1H3,(H,22,25)/b24-15-. The number of para-hydroxylation sites is 2. The molecule has 0 saturated carbocycles. The van der Waals surface area contributed by atoms with Crippen LogP contribution in [-0.2, 0) is 11.0 Å². The lowest BCUT2D eigenvalue weighted by atomic mass is 10.2. The molecule has 3 N–H and O–H groups in total. The fourth-order valence-corrected chi connectivity index (χ4v) is 2.44. The summed E-state index contributed by atoms with van der Waals surface area (Å²) in [5, 5.41) is 9.87. The van der Waals surface area contributed by atoms with E-state index in [1.165, 1.54) is 12.1 Å². The molecule has 0 aromatic heterocycles. The number of hydrogen-bond acceptors (Lipinski definition) is 4. The Morgan fingerprint density at radius 2 is 1.80 bits per heavy atom. The van der Waals surface area contributed by atoms with Crippen LogP contribution in [0.5, 0.6) is 0 Å². The van der Waals surface area contributed by atoms with Gasteiger partial charge in [0.15, 0.2) is 0 Å². The zero-order valence-corrected chi connectivity index (χ0v) is 13.2. The van der Waals surface area contributed by atoms with Gasteiger partial charge in [-0.2, -0.15) is 18.3 Å². The predicted octanol–water partition coefficient (Wildman–Crippen LogP) is 3.93. The molecule has 0 aliphatic carbocycles. The first-order chi connectivity index (χ1) is 11.8. The molecule has 1 unspecified atom stereocenters. The Bertz CT molecular complexity index is 833. The van der Waals surface area contributed by atoms with E-state index in [0.717, 1.165) is 17.8 Å². The quantitative estimate of drug-likeness (QED) is 0.721. The molecule has 130 valence electrons. The van der Waals surface area contributed by atoms with E-state index in [4.69, 9.17) is 0 Å². The maximum Gasteiger partial charge on any atom is 0.416 e. The largest absolute Gasteiger partial charge is 0.416 e. The van der Waals surface area contributed by atoms with E-state index in [0.29, 0.717) is 5.69 Å². The van der Waals surface area contributed by atoms with Gasteiger partial charge in [-0.1, -0.05) is 18.2 Å². The van der Waals surface area contributed by atoms with Gasteiger partial charge in [0.25, 0.3) is 5.91 Å². The van der Waals surface area contributed by atoms with Gasteiger partial charge in [-0.25, -0.2) is 0 Å². The molecule has 1 atom stereocenters. The van der Waals surface area contributed by atoms with Gasteiger partial charge in [0.05, 0.1) is 28.7 Å². The van der Waals surface area contributed by atoms with Crippen LogP contribution in [0.15, 0.2) is 53.6 Å². The van der Waals surface area contributed by atoms with Crippen molar-refractivity contribution in [2.75, 3.05) is 16.1 Å². The van der Waals surface area contributed by atoms with Crippen molar-refractivity contribution in [2.24, 2.45) is 5.10 Å². The maximum absolute atomic E-state index is 12.8. The molecule has 1 amide bonds. The van der Waals surface area contributed by atoms with Crippen LogP contribution in [0.1, 0.15) is 12.5 Å². The number of benzene rings is 2. The van der Waals surface area contributed by atoms with E-state index in [-0.39, 0.29) is 11.4 Å². The lowest BCUT2D eigenvalue weighted by Gasteiger charge is -2.13. The highest BCUT2D eigenvalue weighted by Gasteiger charge is 2.30. The minimum Gasteiger partial charge on any atom is -0.375 e. The average Bonchev–Trinajstić information content (AvgIpc) is 2.67. The third-order valence-corrected chi connectivity index (χ3v) is 3.69. The summed E-state index contributed by atoms with van der Waals surface area (Å²) < 4.78 is 38.3. The number of nitrogens with one attached hydrogen (secondary N) is 3. The number of rotatable bonds is 2. The molecule has 5 nitrogen and oxygen atoms in total. The predicted molar refractivity (Wildman–Crippen MR) is 90.7 cm³/mol. The number of hydrazone groups is 1. The molecule has 2 aromatic carbocycles. The summed E-state index contributed by atoms with van der Waals surface area (Å²) in [5.74, 6) is -0.426. The van der Waals surface area contributed by atoms with E-state index in [1.54, 1.807) is 19.1 Å². The first-order valence-electron chi connectivity index (χ1n) is 7.52. The van der Waals surface area contributed by atoms with Crippen molar-refractivity contribution in [3.05, 3.63) is 54.1 Å². The molecular weight excluding hydrogens is 333 g/mol. The van der Waals surface area contributed by atoms with Crippen molar-refractivity contribution in [1.82, 2.24) is 0 Å². The summed E-state index contributed by atoms with van der Waals surface area (Å²) in [5.41, 5.74) is 3.37. The lowest BCUT2D eigenvalue weighted by Crippen LogP contribution is -2.34. The molecule has 3 rings (SSSR count). The molecule has 0 bridgehead atoms. The molecule has 0 fully saturated rings. The van der Waals surface area contributed by atoms with E-state index >= 15 is 0 Å². The second-order valence-corrected chi connectivity index (χ2v) is 5.55. The summed E-state index contributed by atoms with van der Waals surface area (Å²) in [7, 11) is 0. The Labute approximate surface area is 141 Å². The molecule has 0 radical (unpaired) electrons. The van der Waals surface area contributed by atoms with Crippen molar-refractivity contribution in [2.45, 2.75) is 19.1 Å².